The summed E-state index contributed by atoms with van der Waals surface area (Å²) >= 11 is 0. The zero-order valence-corrected chi connectivity index (χ0v) is 13.8. The van der Waals surface area contributed by atoms with Crippen LogP contribution in [0, 0.1) is 0 Å². The Morgan fingerprint density at radius 1 is 0.957 bits per heavy atom. The SMILES string of the molecule is COC[C@H]1O[C@@H](c2cc(O)ccc2O)[C@H](OC)[C@@H](OC)[C@@H]1OC. The van der Waals surface area contributed by atoms with Gasteiger partial charge in [-0.25, -0.2) is 0 Å². The molecule has 0 aliphatic carbocycles. The number of methoxy groups -OCH3 is 4. The number of aromatic hydroxyl groups is 2. The summed E-state index contributed by atoms with van der Waals surface area (Å²) in [7, 11) is 6.25. The Morgan fingerprint density at radius 2 is 1.61 bits per heavy atom. The minimum absolute atomic E-state index is 0.0109. The fourth-order valence-electron chi connectivity index (χ4n) is 3.04. The quantitative estimate of drug-likeness (QED) is 0.760. The Labute approximate surface area is 135 Å². The fourth-order valence-corrected chi connectivity index (χ4v) is 3.04. The molecule has 2 rings (SSSR count). The largest absolute Gasteiger partial charge is 0.508 e. The van der Waals surface area contributed by atoms with E-state index >= 15 is 0 Å². The highest BCUT2D eigenvalue weighted by Gasteiger charge is 2.48. The molecule has 1 saturated heterocycles. The summed E-state index contributed by atoms with van der Waals surface area (Å²) in [6.45, 7) is 0.297. The molecule has 0 spiro atoms. The third-order valence-corrected chi connectivity index (χ3v) is 4.10. The van der Waals surface area contributed by atoms with Crippen molar-refractivity contribution in [3.63, 3.8) is 0 Å². The van der Waals surface area contributed by atoms with Gasteiger partial charge in [0.05, 0.1) is 6.61 Å². The average molecular weight is 328 g/mol. The van der Waals surface area contributed by atoms with Crippen LogP contribution in [0.1, 0.15) is 11.7 Å². The summed E-state index contributed by atoms with van der Waals surface area (Å²) in [4.78, 5) is 0. The molecule has 0 amide bonds. The summed E-state index contributed by atoms with van der Waals surface area (Å²) in [5.74, 6) is 0.0408. The predicted octanol–water partition coefficient (Wildman–Crippen LogP) is 1.23. The first-order chi connectivity index (χ1) is 11.1. The van der Waals surface area contributed by atoms with E-state index in [-0.39, 0.29) is 17.6 Å². The van der Waals surface area contributed by atoms with E-state index in [0.717, 1.165) is 0 Å². The molecule has 5 atom stereocenters. The zero-order chi connectivity index (χ0) is 17.0. The van der Waals surface area contributed by atoms with Crippen LogP contribution in [-0.2, 0) is 23.7 Å². The molecule has 1 heterocycles. The second kappa shape index (κ2) is 7.94. The molecule has 23 heavy (non-hydrogen) atoms. The summed E-state index contributed by atoms with van der Waals surface area (Å²) in [6.07, 6.45) is -2.38. The number of ether oxygens (including phenoxy) is 5. The third kappa shape index (κ3) is 3.59. The van der Waals surface area contributed by atoms with Crippen LogP contribution in [0.15, 0.2) is 18.2 Å². The van der Waals surface area contributed by atoms with Crippen molar-refractivity contribution < 1.29 is 33.9 Å². The van der Waals surface area contributed by atoms with E-state index in [1.807, 2.05) is 0 Å². The van der Waals surface area contributed by atoms with Crippen molar-refractivity contribution in [2.45, 2.75) is 30.5 Å². The van der Waals surface area contributed by atoms with E-state index in [2.05, 4.69) is 0 Å². The highest BCUT2D eigenvalue weighted by Crippen LogP contribution is 2.40. The van der Waals surface area contributed by atoms with Crippen molar-refractivity contribution in [3.8, 4) is 11.5 Å². The minimum atomic E-state index is -0.636. The lowest BCUT2D eigenvalue weighted by molar-refractivity contribution is -0.252. The predicted molar refractivity (Wildman–Crippen MR) is 81.7 cm³/mol. The molecule has 1 aromatic carbocycles. The monoisotopic (exact) mass is 328 g/mol. The standard InChI is InChI=1S/C16H24O7/c1-19-8-12-14(20-2)16(22-4)15(21-3)13(23-12)10-7-9(17)5-6-11(10)18/h5-7,12-18H,8H2,1-4H3/t12-,13+,14-,15+,16+/m1/s1. The van der Waals surface area contributed by atoms with Crippen LogP contribution in [0.2, 0.25) is 0 Å². The third-order valence-electron chi connectivity index (χ3n) is 4.10. The van der Waals surface area contributed by atoms with Gasteiger partial charge in [-0.15, -0.1) is 0 Å². The highest BCUT2D eigenvalue weighted by atomic mass is 16.6. The van der Waals surface area contributed by atoms with Gasteiger partial charge in [0.1, 0.15) is 42.0 Å². The summed E-state index contributed by atoms with van der Waals surface area (Å²) in [5.41, 5.74) is 0.426. The number of phenolic OH excluding ortho intramolecular Hbond substituents is 2. The first kappa shape index (κ1) is 18.0. The van der Waals surface area contributed by atoms with Crippen molar-refractivity contribution in [1.82, 2.24) is 0 Å². The van der Waals surface area contributed by atoms with Crippen LogP contribution >= 0.6 is 0 Å². The van der Waals surface area contributed by atoms with Crippen molar-refractivity contribution in [2.75, 3.05) is 35.0 Å². The molecular weight excluding hydrogens is 304 g/mol. The van der Waals surface area contributed by atoms with Gasteiger partial charge >= 0.3 is 0 Å². The number of hydrogen-bond donors (Lipinski definition) is 2. The first-order valence-corrected chi connectivity index (χ1v) is 7.32. The zero-order valence-electron chi connectivity index (χ0n) is 13.8. The van der Waals surface area contributed by atoms with Crippen LogP contribution in [-0.4, -0.2) is 69.7 Å². The summed E-state index contributed by atoms with van der Waals surface area (Å²) in [5, 5.41) is 19.9. The lowest BCUT2D eigenvalue weighted by Gasteiger charge is -2.45. The molecule has 1 fully saturated rings. The van der Waals surface area contributed by atoms with E-state index in [1.165, 1.54) is 25.3 Å². The Balaban J connectivity index is 2.41. The maximum Gasteiger partial charge on any atom is 0.121 e. The molecule has 0 saturated carbocycles. The summed E-state index contributed by atoms with van der Waals surface area (Å²) in [6, 6.07) is 4.27. The van der Waals surface area contributed by atoms with Gasteiger partial charge in [-0.1, -0.05) is 0 Å². The number of phenols is 2. The minimum Gasteiger partial charge on any atom is -0.508 e. The average Bonchev–Trinajstić information content (AvgIpc) is 2.56. The van der Waals surface area contributed by atoms with Gasteiger partial charge in [-0.05, 0) is 18.2 Å². The van der Waals surface area contributed by atoms with E-state index < -0.39 is 24.4 Å². The second-order valence-corrected chi connectivity index (χ2v) is 5.39. The van der Waals surface area contributed by atoms with E-state index in [1.54, 1.807) is 21.3 Å². The molecular formula is C16H24O7. The number of hydrogen-bond acceptors (Lipinski definition) is 7. The van der Waals surface area contributed by atoms with Crippen LogP contribution in [0.3, 0.4) is 0 Å². The molecule has 1 aliphatic heterocycles. The van der Waals surface area contributed by atoms with Crippen molar-refractivity contribution in [2.24, 2.45) is 0 Å². The lowest BCUT2D eigenvalue weighted by atomic mass is 9.90. The molecule has 1 aromatic rings. The first-order valence-electron chi connectivity index (χ1n) is 7.32. The molecule has 7 heteroatoms. The van der Waals surface area contributed by atoms with Crippen molar-refractivity contribution in [3.05, 3.63) is 23.8 Å². The number of benzene rings is 1. The van der Waals surface area contributed by atoms with E-state index in [0.29, 0.717) is 12.2 Å². The maximum absolute atomic E-state index is 10.1. The van der Waals surface area contributed by atoms with E-state index in [9.17, 15) is 10.2 Å². The molecule has 130 valence electrons. The van der Waals surface area contributed by atoms with Gasteiger partial charge in [0.25, 0.3) is 0 Å². The van der Waals surface area contributed by atoms with Crippen LogP contribution < -0.4 is 0 Å². The molecule has 0 unspecified atom stereocenters. The molecule has 0 aromatic heterocycles. The summed E-state index contributed by atoms with van der Waals surface area (Å²) < 4.78 is 27.9. The lowest BCUT2D eigenvalue weighted by Crippen LogP contribution is -2.57. The normalized spacial score (nSPS) is 31.2. The Kier molecular flexibility index (Phi) is 6.20. The van der Waals surface area contributed by atoms with Crippen molar-refractivity contribution >= 4 is 0 Å². The van der Waals surface area contributed by atoms with Gasteiger partial charge in [-0.3, -0.25) is 0 Å². The smallest absolute Gasteiger partial charge is 0.121 e. The topological polar surface area (TPSA) is 86.6 Å². The second-order valence-electron chi connectivity index (χ2n) is 5.39. The Bertz CT molecular complexity index is 507. The Morgan fingerprint density at radius 3 is 2.17 bits per heavy atom. The maximum atomic E-state index is 10.1. The van der Waals surface area contributed by atoms with Gasteiger partial charge < -0.3 is 33.9 Å². The molecule has 0 radical (unpaired) electrons. The van der Waals surface area contributed by atoms with Gasteiger partial charge in [-0.2, -0.15) is 0 Å². The molecule has 1 aliphatic rings. The van der Waals surface area contributed by atoms with Crippen LogP contribution in [0.5, 0.6) is 11.5 Å². The van der Waals surface area contributed by atoms with Gasteiger partial charge in [0.15, 0.2) is 0 Å². The van der Waals surface area contributed by atoms with Gasteiger partial charge in [0.2, 0.25) is 0 Å². The molecule has 2 N–H and O–H groups in total. The highest BCUT2D eigenvalue weighted by molar-refractivity contribution is 5.41. The van der Waals surface area contributed by atoms with Gasteiger partial charge in [0, 0.05) is 34.0 Å². The van der Waals surface area contributed by atoms with E-state index in [4.69, 9.17) is 23.7 Å². The fraction of sp³-hybridized carbons (Fsp3) is 0.625. The van der Waals surface area contributed by atoms with Crippen LogP contribution in [0.25, 0.3) is 0 Å². The Hall–Kier alpha value is -1.38. The molecule has 0 bridgehead atoms. The molecule has 7 nitrogen and oxygen atoms in total. The number of rotatable bonds is 6. The van der Waals surface area contributed by atoms with Crippen LogP contribution in [0.4, 0.5) is 0 Å². The van der Waals surface area contributed by atoms with Crippen molar-refractivity contribution in [1.29, 1.82) is 0 Å².